The van der Waals surface area contributed by atoms with E-state index >= 15 is 0 Å². The summed E-state index contributed by atoms with van der Waals surface area (Å²) >= 11 is 0. The summed E-state index contributed by atoms with van der Waals surface area (Å²) in [6, 6.07) is 16.5. The molecule has 0 bridgehead atoms. The molecule has 5 nitrogen and oxygen atoms in total. The largest absolute Gasteiger partial charge is 0.480 e. The number of carbonyl (C=O) groups excluding carboxylic acids is 1. The lowest BCUT2D eigenvalue weighted by Crippen LogP contribution is -2.26. The van der Waals surface area contributed by atoms with E-state index in [1.807, 2.05) is 48.5 Å². The zero-order chi connectivity index (χ0) is 17.2. The van der Waals surface area contributed by atoms with Crippen LogP contribution < -0.4 is 10.2 Å². The van der Waals surface area contributed by atoms with E-state index in [0.717, 1.165) is 5.56 Å². The highest BCUT2D eigenvalue weighted by Crippen LogP contribution is 2.17. The molecule has 0 saturated carbocycles. The monoisotopic (exact) mass is 322 g/mol. The fraction of sp³-hybridized carbons (Fsp3) is 0.158. The van der Waals surface area contributed by atoms with Gasteiger partial charge in [-0.1, -0.05) is 48.4 Å². The summed E-state index contributed by atoms with van der Waals surface area (Å²) in [4.78, 5) is 12.2. The average Bonchev–Trinajstić information content (AvgIpc) is 2.62. The molecule has 0 aliphatic carbocycles. The Morgan fingerprint density at radius 2 is 1.96 bits per heavy atom. The zero-order valence-electron chi connectivity index (χ0n) is 13.3. The quantitative estimate of drug-likeness (QED) is 0.484. The van der Waals surface area contributed by atoms with Crippen LogP contribution in [0.1, 0.15) is 17.2 Å². The standard InChI is InChI=1S/C19H18N2O3/c1-3-13-24-17-12-8-7-11-16(17)14-20-21-19(22)18(23-2)15-9-5-4-6-10-15/h1,4-12,14,18H,13H2,2H3,(H,21,22). The third kappa shape index (κ3) is 4.70. The van der Waals surface area contributed by atoms with Gasteiger partial charge in [0.05, 0.1) is 6.21 Å². The van der Waals surface area contributed by atoms with Crippen LogP contribution in [0.4, 0.5) is 0 Å². The van der Waals surface area contributed by atoms with Crippen molar-refractivity contribution < 1.29 is 14.3 Å². The maximum Gasteiger partial charge on any atom is 0.273 e. The highest BCUT2D eigenvalue weighted by molar-refractivity contribution is 5.86. The van der Waals surface area contributed by atoms with Crippen molar-refractivity contribution in [2.75, 3.05) is 13.7 Å². The van der Waals surface area contributed by atoms with Gasteiger partial charge in [0.1, 0.15) is 12.4 Å². The Bertz CT molecular complexity index is 736. The molecular formula is C19H18N2O3. The predicted molar refractivity (Wildman–Crippen MR) is 92.7 cm³/mol. The number of nitrogens with zero attached hydrogens (tertiary/aromatic N) is 1. The molecule has 1 atom stereocenters. The van der Waals surface area contributed by atoms with E-state index in [2.05, 4.69) is 16.4 Å². The van der Waals surface area contributed by atoms with Crippen LogP contribution in [0.2, 0.25) is 0 Å². The minimum Gasteiger partial charge on any atom is -0.480 e. The molecule has 1 unspecified atom stereocenters. The van der Waals surface area contributed by atoms with Gasteiger partial charge in [0, 0.05) is 12.7 Å². The molecule has 0 aromatic heterocycles. The van der Waals surface area contributed by atoms with Gasteiger partial charge >= 0.3 is 0 Å². The van der Waals surface area contributed by atoms with Crippen LogP contribution in [0.5, 0.6) is 5.75 Å². The SMILES string of the molecule is C#CCOc1ccccc1C=NNC(=O)C(OC)c1ccccc1. The third-order valence-electron chi connectivity index (χ3n) is 3.18. The molecule has 0 heterocycles. The Morgan fingerprint density at radius 1 is 1.25 bits per heavy atom. The first-order valence-corrected chi connectivity index (χ1v) is 7.32. The van der Waals surface area contributed by atoms with Gasteiger partial charge in [0.2, 0.25) is 0 Å². The smallest absolute Gasteiger partial charge is 0.273 e. The van der Waals surface area contributed by atoms with Crippen LogP contribution >= 0.6 is 0 Å². The summed E-state index contributed by atoms with van der Waals surface area (Å²) in [5.74, 6) is 2.64. The van der Waals surface area contributed by atoms with Crippen LogP contribution in [0.25, 0.3) is 0 Å². The first kappa shape index (κ1) is 17.3. The van der Waals surface area contributed by atoms with Gasteiger partial charge in [0.15, 0.2) is 6.10 Å². The Labute approximate surface area is 141 Å². The zero-order valence-corrected chi connectivity index (χ0v) is 13.3. The minimum absolute atomic E-state index is 0.164. The molecular weight excluding hydrogens is 304 g/mol. The topological polar surface area (TPSA) is 59.9 Å². The van der Waals surface area contributed by atoms with Crippen molar-refractivity contribution in [3.8, 4) is 18.1 Å². The fourth-order valence-corrected chi connectivity index (χ4v) is 2.08. The van der Waals surface area contributed by atoms with Gasteiger partial charge in [-0.25, -0.2) is 5.43 Å². The van der Waals surface area contributed by atoms with Gasteiger partial charge in [0.25, 0.3) is 5.91 Å². The van der Waals surface area contributed by atoms with Crippen molar-refractivity contribution >= 4 is 12.1 Å². The van der Waals surface area contributed by atoms with Crippen molar-refractivity contribution in [1.29, 1.82) is 0 Å². The molecule has 0 fully saturated rings. The summed E-state index contributed by atoms with van der Waals surface area (Å²) in [5, 5.41) is 3.97. The molecule has 5 heteroatoms. The number of methoxy groups -OCH3 is 1. The van der Waals surface area contributed by atoms with Crippen LogP contribution in [0, 0.1) is 12.3 Å². The van der Waals surface area contributed by atoms with Crippen LogP contribution in [-0.2, 0) is 9.53 Å². The lowest BCUT2D eigenvalue weighted by Gasteiger charge is -2.13. The molecule has 0 aliphatic rings. The number of para-hydroxylation sites is 1. The summed E-state index contributed by atoms with van der Waals surface area (Å²) in [7, 11) is 1.48. The van der Waals surface area contributed by atoms with E-state index < -0.39 is 6.10 Å². The highest BCUT2D eigenvalue weighted by atomic mass is 16.5. The molecule has 0 aliphatic heterocycles. The second-order valence-electron chi connectivity index (χ2n) is 4.79. The van der Waals surface area contributed by atoms with Gasteiger partial charge < -0.3 is 9.47 Å². The van der Waals surface area contributed by atoms with Gasteiger partial charge in [-0.3, -0.25) is 4.79 Å². The number of benzene rings is 2. The molecule has 2 rings (SSSR count). The number of ether oxygens (including phenoxy) is 2. The Morgan fingerprint density at radius 3 is 2.67 bits per heavy atom. The summed E-state index contributed by atoms with van der Waals surface area (Å²) < 4.78 is 10.7. The molecule has 1 amide bonds. The normalized spacial score (nSPS) is 11.7. The Kier molecular flexibility index (Phi) is 6.57. The lowest BCUT2D eigenvalue weighted by atomic mass is 10.1. The van der Waals surface area contributed by atoms with Gasteiger partial charge in [-0.2, -0.15) is 5.10 Å². The molecule has 0 saturated heterocycles. The molecule has 0 spiro atoms. The molecule has 1 N–H and O–H groups in total. The van der Waals surface area contributed by atoms with E-state index in [4.69, 9.17) is 15.9 Å². The van der Waals surface area contributed by atoms with Crippen molar-refractivity contribution in [2.45, 2.75) is 6.10 Å². The van der Waals surface area contributed by atoms with Crippen LogP contribution in [-0.4, -0.2) is 25.8 Å². The third-order valence-corrected chi connectivity index (χ3v) is 3.18. The second-order valence-corrected chi connectivity index (χ2v) is 4.79. The van der Waals surface area contributed by atoms with Gasteiger partial charge in [-0.05, 0) is 17.7 Å². The number of terminal acetylenes is 1. The minimum atomic E-state index is -0.726. The van der Waals surface area contributed by atoms with Crippen molar-refractivity contribution in [2.24, 2.45) is 5.10 Å². The molecule has 2 aromatic rings. The highest BCUT2D eigenvalue weighted by Gasteiger charge is 2.19. The van der Waals surface area contributed by atoms with Crippen molar-refractivity contribution in [1.82, 2.24) is 5.43 Å². The number of hydrazone groups is 1. The molecule has 24 heavy (non-hydrogen) atoms. The number of hydrogen-bond acceptors (Lipinski definition) is 4. The van der Waals surface area contributed by atoms with Gasteiger partial charge in [-0.15, -0.1) is 6.42 Å². The fourth-order valence-electron chi connectivity index (χ4n) is 2.08. The number of nitrogens with one attached hydrogen (secondary N) is 1. The van der Waals surface area contributed by atoms with Crippen LogP contribution in [0.3, 0.4) is 0 Å². The van der Waals surface area contributed by atoms with Crippen LogP contribution in [0.15, 0.2) is 59.7 Å². The second kappa shape index (κ2) is 9.13. The predicted octanol–water partition coefficient (Wildman–Crippen LogP) is 2.54. The Balaban J connectivity index is 2.03. The average molecular weight is 322 g/mol. The molecule has 0 radical (unpaired) electrons. The van der Waals surface area contributed by atoms with E-state index in [0.29, 0.717) is 11.3 Å². The van der Waals surface area contributed by atoms with E-state index in [-0.39, 0.29) is 12.5 Å². The summed E-state index contributed by atoms with van der Waals surface area (Å²) in [6.45, 7) is 0.164. The Hall–Kier alpha value is -3.10. The maximum atomic E-state index is 12.2. The summed E-state index contributed by atoms with van der Waals surface area (Å²) in [6.07, 6.45) is 5.97. The number of hydrogen-bond donors (Lipinski definition) is 1. The maximum absolute atomic E-state index is 12.2. The van der Waals surface area contributed by atoms with Crippen molar-refractivity contribution in [3.05, 3.63) is 65.7 Å². The van der Waals surface area contributed by atoms with E-state index in [1.165, 1.54) is 13.3 Å². The molecule has 2 aromatic carbocycles. The van der Waals surface area contributed by atoms with E-state index in [1.54, 1.807) is 6.07 Å². The van der Waals surface area contributed by atoms with E-state index in [9.17, 15) is 4.79 Å². The first-order chi connectivity index (χ1) is 11.8. The lowest BCUT2D eigenvalue weighted by molar-refractivity contribution is -0.131. The number of carbonyl (C=O) groups is 1. The number of rotatable bonds is 7. The number of amides is 1. The van der Waals surface area contributed by atoms with Crippen molar-refractivity contribution in [3.63, 3.8) is 0 Å². The summed E-state index contributed by atoms with van der Waals surface area (Å²) in [5.41, 5.74) is 3.94. The molecule has 122 valence electrons. The first-order valence-electron chi connectivity index (χ1n) is 7.32.